The Morgan fingerprint density at radius 2 is 0.828 bits per heavy atom. The number of nitrogens with zero attached hydrogens (tertiary/aromatic N) is 5. The van der Waals surface area contributed by atoms with E-state index in [1.807, 2.05) is 12.3 Å². The molecule has 0 radical (unpaired) electrons. The number of benzene rings is 8. The Balaban J connectivity index is 0.824. The SMILES string of the molecule is C1=CC(N(c2ccccc2)c2ccc(-n3c4ccccc4c4ccccc43)cc2)NC=C1c1ccc(N(c2ccccc2)c2ccc(-n3c4ccccc4c4ccccc43)cc2)nc1. The Kier molecular flexibility index (Phi) is 9.12. The molecule has 1 aliphatic heterocycles. The van der Waals surface area contributed by atoms with E-state index < -0.39 is 0 Å². The van der Waals surface area contributed by atoms with E-state index in [-0.39, 0.29) is 6.17 Å². The van der Waals surface area contributed by atoms with Gasteiger partial charge in [-0.25, -0.2) is 4.98 Å². The summed E-state index contributed by atoms with van der Waals surface area (Å²) in [4.78, 5) is 9.63. The molecule has 6 nitrogen and oxygen atoms in total. The van der Waals surface area contributed by atoms with Gasteiger partial charge in [0.1, 0.15) is 12.0 Å². The van der Waals surface area contributed by atoms with Crippen molar-refractivity contribution in [3.8, 4) is 11.4 Å². The van der Waals surface area contributed by atoms with Crippen LogP contribution in [-0.4, -0.2) is 20.3 Å². The van der Waals surface area contributed by atoms with E-state index in [0.29, 0.717) is 0 Å². The normalized spacial score (nSPS) is 13.6. The van der Waals surface area contributed by atoms with Crippen molar-refractivity contribution in [2.24, 2.45) is 0 Å². The topological polar surface area (TPSA) is 41.3 Å². The molecule has 12 rings (SSSR count). The number of allylic oxidation sites excluding steroid dienone is 2. The summed E-state index contributed by atoms with van der Waals surface area (Å²) in [7, 11) is 0. The van der Waals surface area contributed by atoms with Crippen molar-refractivity contribution < 1.29 is 0 Å². The Morgan fingerprint density at radius 1 is 0.406 bits per heavy atom. The first-order valence-electron chi connectivity index (χ1n) is 21.7. The summed E-state index contributed by atoms with van der Waals surface area (Å²) in [6.45, 7) is 0. The second-order valence-corrected chi connectivity index (χ2v) is 16.1. The molecule has 1 aliphatic rings. The summed E-state index contributed by atoms with van der Waals surface area (Å²) in [5.74, 6) is 0.838. The van der Waals surface area contributed by atoms with Gasteiger partial charge in [-0.2, -0.15) is 0 Å². The number of rotatable bonds is 9. The predicted octanol–water partition coefficient (Wildman–Crippen LogP) is 14.4. The zero-order chi connectivity index (χ0) is 42.4. The van der Waals surface area contributed by atoms with Crippen LogP contribution in [0.2, 0.25) is 0 Å². The van der Waals surface area contributed by atoms with Gasteiger partial charge in [-0.05, 0) is 121 Å². The number of hydrogen-bond acceptors (Lipinski definition) is 4. The molecular formula is C58H42N6. The summed E-state index contributed by atoms with van der Waals surface area (Å²) < 4.78 is 4.71. The molecule has 3 aromatic heterocycles. The lowest BCUT2D eigenvalue weighted by Crippen LogP contribution is -2.40. The molecule has 6 heteroatoms. The third-order valence-corrected chi connectivity index (χ3v) is 12.4. The first-order chi connectivity index (χ1) is 31.8. The van der Waals surface area contributed by atoms with Gasteiger partial charge in [0.05, 0.1) is 22.1 Å². The maximum absolute atomic E-state index is 5.08. The van der Waals surface area contributed by atoms with Gasteiger partial charge in [0.2, 0.25) is 0 Å². The van der Waals surface area contributed by atoms with Crippen LogP contribution in [0.1, 0.15) is 5.56 Å². The van der Waals surface area contributed by atoms with Crippen LogP contribution in [0.25, 0.3) is 60.6 Å². The first kappa shape index (κ1) is 37.2. The first-order valence-corrected chi connectivity index (χ1v) is 21.7. The van der Waals surface area contributed by atoms with Crippen LogP contribution >= 0.6 is 0 Å². The van der Waals surface area contributed by atoms with Crippen molar-refractivity contribution >= 4 is 77.8 Å². The molecule has 0 amide bonds. The van der Waals surface area contributed by atoms with Gasteiger partial charge in [0.25, 0.3) is 0 Å². The summed E-state index contributed by atoms with van der Waals surface area (Å²) in [6, 6.07) is 77.5. The monoisotopic (exact) mass is 822 g/mol. The molecule has 0 aliphatic carbocycles. The highest BCUT2D eigenvalue weighted by atomic mass is 15.3. The van der Waals surface area contributed by atoms with Gasteiger partial charge in [-0.1, -0.05) is 115 Å². The summed E-state index contributed by atoms with van der Waals surface area (Å²) in [5.41, 5.74) is 13.4. The highest BCUT2D eigenvalue weighted by molar-refractivity contribution is 6.10. The Bertz CT molecular complexity index is 3410. The highest BCUT2D eigenvalue weighted by Gasteiger charge is 2.22. The lowest BCUT2D eigenvalue weighted by atomic mass is 10.1. The molecule has 304 valence electrons. The van der Waals surface area contributed by atoms with Gasteiger partial charge in [-0.3, -0.25) is 4.90 Å². The van der Waals surface area contributed by atoms with Crippen molar-refractivity contribution in [1.29, 1.82) is 0 Å². The Hall–Kier alpha value is -8.61. The zero-order valence-electron chi connectivity index (χ0n) is 34.9. The van der Waals surface area contributed by atoms with Crippen LogP contribution in [0.4, 0.5) is 28.6 Å². The fourth-order valence-electron chi connectivity index (χ4n) is 9.47. The van der Waals surface area contributed by atoms with E-state index >= 15 is 0 Å². The number of anilines is 5. The van der Waals surface area contributed by atoms with Gasteiger partial charge >= 0.3 is 0 Å². The molecule has 8 aromatic carbocycles. The van der Waals surface area contributed by atoms with Crippen LogP contribution in [0.3, 0.4) is 0 Å². The van der Waals surface area contributed by atoms with Crippen molar-refractivity contribution in [2.75, 3.05) is 9.80 Å². The average molecular weight is 823 g/mol. The summed E-state index contributed by atoms with van der Waals surface area (Å²) in [5, 5.41) is 8.73. The maximum Gasteiger partial charge on any atom is 0.137 e. The van der Waals surface area contributed by atoms with E-state index in [9.17, 15) is 0 Å². The fourth-order valence-corrected chi connectivity index (χ4v) is 9.47. The third kappa shape index (κ3) is 6.39. The molecule has 64 heavy (non-hydrogen) atoms. The summed E-state index contributed by atoms with van der Waals surface area (Å²) in [6.07, 6.45) is 8.38. The molecule has 0 bridgehead atoms. The minimum absolute atomic E-state index is 0.114. The number of para-hydroxylation sites is 6. The standard InChI is InChI=1S/C58H42N6/c1-3-15-43(16-4-1)61(45-29-33-47(34-30-45)63-53-23-11-7-19-49(53)50-20-8-12-24-54(50)63)57-37-27-41(39-59-57)42-28-38-58(60-40-42)62(44-17-5-2-6-18-44)46-31-35-48(36-32-46)64-55-25-13-9-21-51(55)52-22-10-14-26-56(52)64/h1-40,57,59H. The van der Waals surface area contributed by atoms with Crippen molar-refractivity contribution in [1.82, 2.24) is 19.4 Å². The highest BCUT2D eigenvalue weighted by Crippen LogP contribution is 2.38. The molecular weight excluding hydrogens is 781 g/mol. The van der Waals surface area contributed by atoms with Crippen LogP contribution in [0.15, 0.2) is 243 Å². The van der Waals surface area contributed by atoms with Crippen molar-refractivity contribution in [2.45, 2.75) is 6.17 Å². The molecule has 11 aromatic rings. The maximum atomic E-state index is 5.08. The van der Waals surface area contributed by atoms with Crippen LogP contribution in [0.5, 0.6) is 0 Å². The molecule has 0 fully saturated rings. The summed E-state index contributed by atoms with van der Waals surface area (Å²) >= 11 is 0. The van der Waals surface area contributed by atoms with E-state index in [1.165, 1.54) is 43.6 Å². The van der Waals surface area contributed by atoms with Gasteiger partial charge in [0, 0.05) is 73.6 Å². The lowest BCUT2D eigenvalue weighted by Gasteiger charge is -2.34. The number of pyridine rings is 1. The van der Waals surface area contributed by atoms with Crippen molar-refractivity contribution in [3.05, 3.63) is 249 Å². The molecule has 0 saturated carbocycles. The quantitative estimate of drug-likeness (QED) is 0.157. The third-order valence-electron chi connectivity index (χ3n) is 12.4. The second kappa shape index (κ2) is 15.7. The Morgan fingerprint density at radius 3 is 1.28 bits per heavy atom. The molecule has 1 N–H and O–H groups in total. The van der Waals surface area contributed by atoms with Crippen molar-refractivity contribution in [3.63, 3.8) is 0 Å². The van der Waals surface area contributed by atoms with Crippen LogP contribution < -0.4 is 15.1 Å². The number of hydrogen-bond donors (Lipinski definition) is 1. The van der Waals surface area contributed by atoms with E-state index in [0.717, 1.165) is 51.1 Å². The Labute approximate surface area is 371 Å². The fraction of sp³-hybridized carbons (Fsp3) is 0.0172. The van der Waals surface area contributed by atoms with Gasteiger partial charge < -0.3 is 19.4 Å². The molecule has 1 unspecified atom stereocenters. The lowest BCUT2D eigenvalue weighted by molar-refractivity contribution is 0.702. The average Bonchev–Trinajstić information content (AvgIpc) is 3.89. The van der Waals surface area contributed by atoms with E-state index in [1.54, 1.807) is 0 Å². The van der Waals surface area contributed by atoms with E-state index in [2.05, 4.69) is 255 Å². The number of aromatic nitrogens is 3. The smallest absolute Gasteiger partial charge is 0.137 e. The van der Waals surface area contributed by atoms with Crippen LogP contribution in [-0.2, 0) is 0 Å². The minimum atomic E-state index is -0.114. The molecule has 0 saturated heterocycles. The van der Waals surface area contributed by atoms with Crippen LogP contribution in [0, 0.1) is 0 Å². The van der Waals surface area contributed by atoms with Gasteiger partial charge in [0.15, 0.2) is 0 Å². The zero-order valence-corrected chi connectivity index (χ0v) is 34.9. The molecule has 1 atom stereocenters. The second-order valence-electron chi connectivity index (χ2n) is 16.1. The molecule has 0 spiro atoms. The van der Waals surface area contributed by atoms with E-state index in [4.69, 9.17) is 4.98 Å². The minimum Gasteiger partial charge on any atom is -0.367 e. The molecule has 4 heterocycles. The van der Waals surface area contributed by atoms with Gasteiger partial charge in [-0.15, -0.1) is 0 Å². The predicted molar refractivity (Wildman–Crippen MR) is 267 cm³/mol. The largest absolute Gasteiger partial charge is 0.367 e. The number of nitrogens with one attached hydrogen (secondary N) is 1. The number of dihydropyridines is 1. The number of fused-ring (bicyclic) bond motifs is 6.